The Labute approximate surface area is 114 Å². The van der Waals surface area contributed by atoms with Gasteiger partial charge in [-0.15, -0.1) is 0 Å². The van der Waals surface area contributed by atoms with Gasteiger partial charge in [-0.3, -0.25) is 4.79 Å². The van der Waals surface area contributed by atoms with E-state index in [1.807, 2.05) is 10.7 Å². The molecule has 0 bridgehead atoms. The lowest BCUT2D eigenvalue weighted by molar-refractivity contribution is -0.127. The van der Waals surface area contributed by atoms with Gasteiger partial charge in [-0.05, 0) is 46.2 Å². The Kier molecular flexibility index (Phi) is 4.24. The van der Waals surface area contributed by atoms with Crippen LogP contribution in [0, 0.1) is 5.41 Å². The van der Waals surface area contributed by atoms with E-state index in [1.54, 1.807) is 6.20 Å². The smallest absolute Gasteiger partial charge is 0.231 e. The van der Waals surface area contributed by atoms with Crippen molar-refractivity contribution in [3.63, 3.8) is 0 Å². The molecule has 1 aliphatic heterocycles. The van der Waals surface area contributed by atoms with Crippen LogP contribution in [-0.4, -0.2) is 28.8 Å². The number of piperidine rings is 1. The van der Waals surface area contributed by atoms with E-state index < -0.39 is 0 Å². The number of carbonyl (C=O) groups is 1. The summed E-state index contributed by atoms with van der Waals surface area (Å²) in [5.41, 5.74) is -0.225. The van der Waals surface area contributed by atoms with Crippen molar-refractivity contribution in [2.75, 3.05) is 18.4 Å². The summed E-state index contributed by atoms with van der Waals surface area (Å²) < 4.78 is 1.85. The van der Waals surface area contributed by atoms with Gasteiger partial charge in [0.2, 0.25) is 5.91 Å². The molecule has 0 saturated carbocycles. The van der Waals surface area contributed by atoms with Gasteiger partial charge in [-0.1, -0.05) is 6.92 Å². The molecule has 106 valence electrons. The Balaban J connectivity index is 2.13. The monoisotopic (exact) mass is 264 g/mol. The van der Waals surface area contributed by atoms with Gasteiger partial charge in [0.15, 0.2) is 0 Å². The molecule has 0 aliphatic carbocycles. The molecule has 0 unspecified atom stereocenters. The van der Waals surface area contributed by atoms with Crippen LogP contribution >= 0.6 is 0 Å². The van der Waals surface area contributed by atoms with Gasteiger partial charge in [0.1, 0.15) is 5.82 Å². The van der Waals surface area contributed by atoms with Crippen LogP contribution in [0.15, 0.2) is 12.3 Å². The van der Waals surface area contributed by atoms with Gasteiger partial charge in [0.05, 0.1) is 11.6 Å². The van der Waals surface area contributed by atoms with Crippen molar-refractivity contribution in [1.29, 1.82) is 0 Å². The maximum atomic E-state index is 12.6. The standard InChI is InChI=1S/C14H24N4O/c1-4-14(6-9-15-10-7-14)13(19)17-12-5-8-16-18(12)11(2)3/h5,8,11,15H,4,6-7,9-10H2,1-3H3,(H,17,19). The molecule has 0 atom stereocenters. The van der Waals surface area contributed by atoms with Crippen LogP contribution in [0.2, 0.25) is 0 Å². The highest BCUT2D eigenvalue weighted by Gasteiger charge is 2.38. The molecular weight excluding hydrogens is 240 g/mol. The summed E-state index contributed by atoms with van der Waals surface area (Å²) in [5, 5.41) is 10.6. The van der Waals surface area contributed by atoms with Crippen LogP contribution in [0.4, 0.5) is 5.82 Å². The molecule has 0 aromatic carbocycles. The molecule has 2 rings (SSSR count). The van der Waals surface area contributed by atoms with Crippen molar-refractivity contribution < 1.29 is 4.79 Å². The number of nitrogens with one attached hydrogen (secondary N) is 2. The predicted octanol–water partition coefficient (Wildman–Crippen LogP) is 2.18. The van der Waals surface area contributed by atoms with E-state index in [9.17, 15) is 4.79 Å². The topological polar surface area (TPSA) is 59.0 Å². The summed E-state index contributed by atoms with van der Waals surface area (Å²) in [7, 11) is 0. The Morgan fingerprint density at radius 1 is 1.53 bits per heavy atom. The molecule has 19 heavy (non-hydrogen) atoms. The number of aromatic nitrogens is 2. The first-order valence-corrected chi connectivity index (χ1v) is 7.15. The van der Waals surface area contributed by atoms with Crippen LogP contribution in [0.5, 0.6) is 0 Å². The third-order valence-corrected chi connectivity index (χ3v) is 4.12. The maximum absolute atomic E-state index is 12.6. The third-order valence-electron chi connectivity index (χ3n) is 4.12. The number of hydrogen-bond donors (Lipinski definition) is 2. The SMILES string of the molecule is CCC1(C(=O)Nc2ccnn2C(C)C)CCNCC1. The summed E-state index contributed by atoms with van der Waals surface area (Å²) in [6, 6.07) is 2.11. The van der Waals surface area contributed by atoms with Gasteiger partial charge in [0.25, 0.3) is 0 Å². The highest BCUT2D eigenvalue weighted by molar-refractivity contribution is 5.94. The number of amides is 1. The number of rotatable bonds is 4. The zero-order valence-electron chi connectivity index (χ0n) is 12.1. The fourth-order valence-corrected chi connectivity index (χ4v) is 2.72. The molecule has 2 heterocycles. The molecule has 1 aliphatic rings. The van der Waals surface area contributed by atoms with E-state index in [4.69, 9.17) is 0 Å². The Morgan fingerprint density at radius 2 is 2.21 bits per heavy atom. The van der Waals surface area contributed by atoms with E-state index in [2.05, 4.69) is 36.5 Å². The van der Waals surface area contributed by atoms with Gasteiger partial charge in [-0.25, -0.2) is 4.68 Å². The van der Waals surface area contributed by atoms with Crippen LogP contribution < -0.4 is 10.6 Å². The second-order valence-corrected chi connectivity index (χ2v) is 5.59. The summed E-state index contributed by atoms with van der Waals surface area (Å²) >= 11 is 0. The number of nitrogens with zero attached hydrogens (tertiary/aromatic N) is 2. The summed E-state index contributed by atoms with van der Waals surface area (Å²) in [4.78, 5) is 12.6. The van der Waals surface area contributed by atoms with Gasteiger partial charge < -0.3 is 10.6 Å². The van der Waals surface area contributed by atoms with Crippen molar-refractivity contribution in [1.82, 2.24) is 15.1 Å². The lowest BCUT2D eigenvalue weighted by atomic mass is 9.76. The van der Waals surface area contributed by atoms with E-state index in [0.29, 0.717) is 0 Å². The Morgan fingerprint density at radius 3 is 2.79 bits per heavy atom. The second-order valence-electron chi connectivity index (χ2n) is 5.59. The van der Waals surface area contributed by atoms with Crippen molar-refractivity contribution in [2.24, 2.45) is 5.41 Å². The Bertz CT molecular complexity index is 432. The molecule has 5 nitrogen and oxygen atoms in total. The maximum Gasteiger partial charge on any atom is 0.231 e. The van der Waals surface area contributed by atoms with Gasteiger partial charge in [-0.2, -0.15) is 5.10 Å². The van der Waals surface area contributed by atoms with Crippen molar-refractivity contribution in [3.05, 3.63) is 12.3 Å². The number of hydrogen-bond acceptors (Lipinski definition) is 3. The second kappa shape index (κ2) is 5.74. The Hall–Kier alpha value is -1.36. The molecular formula is C14H24N4O. The first-order valence-electron chi connectivity index (χ1n) is 7.15. The summed E-state index contributed by atoms with van der Waals surface area (Å²) in [5.74, 6) is 0.935. The minimum Gasteiger partial charge on any atom is -0.317 e. The minimum atomic E-state index is -0.225. The molecule has 0 radical (unpaired) electrons. The van der Waals surface area contributed by atoms with Crippen LogP contribution in [0.1, 0.15) is 46.1 Å². The highest BCUT2D eigenvalue weighted by Crippen LogP contribution is 2.34. The highest BCUT2D eigenvalue weighted by atomic mass is 16.2. The molecule has 1 amide bonds. The normalized spacial score (nSPS) is 18.5. The van der Waals surface area contributed by atoms with Crippen LogP contribution in [0.25, 0.3) is 0 Å². The lowest BCUT2D eigenvalue weighted by Crippen LogP contribution is -2.44. The fraction of sp³-hybridized carbons (Fsp3) is 0.714. The zero-order chi connectivity index (χ0) is 13.9. The minimum absolute atomic E-state index is 0.138. The van der Waals surface area contributed by atoms with Gasteiger partial charge >= 0.3 is 0 Å². The summed E-state index contributed by atoms with van der Waals surface area (Å²) in [6.07, 6.45) is 4.43. The third kappa shape index (κ3) is 2.81. The predicted molar refractivity (Wildman–Crippen MR) is 76.1 cm³/mol. The molecule has 1 saturated heterocycles. The van der Waals surface area contributed by atoms with E-state index in [0.717, 1.165) is 38.2 Å². The zero-order valence-corrected chi connectivity index (χ0v) is 12.1. The van der Waals surface area contributed by atoms with E-state index in [1.165, 1.54) is 0 Å². The first kappa shape index (κ1) is 14.1. The molecule has 0 spiro atoms. The molecule has 5 heteroatoms. The first-order chi connectivity index (χ1) is 9.09. The van der Waals surface area contributed by atoms with Gasteiger partial charge in [0, 0.05) is 12.1 Å². The average Bonchev–Trinajstić information content (AvgIpc) is 2.87. The fourth-order valence-electron chi connectivity index (χ4n) is 2.72. The van der Waals surface area contributed by atoms with E-state index in [-0.39, 0.29) is 17.4 Å². The van der Waals surface area contributed by atoms with E-state index >= 15 is 0 Å². The van der Waals surface area contributed by atoms with Crippen molar-refractivity contribution >= 4 is 11.7 Å². The van der Waals surface area contributed by atoms with Crippen molar-refractivity contribution in [3.8, 4) is 0 Å². The van der Waals surface area contributed by atoms with Crippen molar-refractivity contribution in [2.45, 2.75) is 46.1 Å². The molecule has 1 aromatic rings. The molecule has 1 fully saturated rings. The van der Waals surface area contributed by atoms with Crippen LogP contribution in [0.3, 0.4) is 0 Å². The lowest BCUT2D eigenvalue weighted by Gasteiger charge is -2.35. The molecule has 2 N–H and O–H groups in total. The number of carbonyl (C=O) groups excluding carboxylic acids is 1. The largest absolute Gasteiger partial charge is 0.317 e. The molecule has 1 aromatic heterocycles. The summed E-state index contributed by atoms with van der Waals surface area (Å²) in [6.45, 7) is 8.06. The number of anilines is 1. The quantitative estimate of drug-likeness (QED) is 0.876. The van der Waals surface area contributed by atoms with Crippen LogP contribution in [-0.2, 0) is 4.79 Å². The average molecular weight is 264 g/mol.